The lowest BCUT2D eigenvalue weighted by Crippen LogP contribution is -2.28. The van der Waals surface area contributed by atoms with Crippen LogP contribution in [0.5, 0.6) is 5.75 Å². The summed E-state index contributed by atoms with van der Waals surface area (Å²) in [4.78, 5) is 2.18. The lowest BCUT2D eigenvalue weighted by Gasteiger charge is -2.15. The van der Waals surface area contributed by atoms with Gasteiger partial charge in [0, 0.05) is 9.75 Å². The predicted octanol–water partition coefficient (Wildman–Crippen LogP) is 3.21. The zero-order chi connectivity index (χ0) is 13.8. The van der Waals surface area contributed by atoms with Crippen molar-refractivity contribution in [3.63, 3.8) is 0 Å². The molecule has 6 heteroatoms. The molecule has 0 fully saturated rings. The number of nitrogens with one attached hydrogen (secondary N) is 1. The third-order valence-electron chi connectivity index (χ3n) is 2.63. The maximum absolute atomic E-state index is 12.2. The Bertz CT molecular complexity index is 545. The Morgan fingerprint density at radius 2 is 2.05 bits per heavy atom. The van der Waals surface area contributed by atoms with Crippen molar-refractivity contribution >= 4 is 11.3 Å². The normalized spacial score (nSPS) is 12.7. The number of halogens is 2. The molecule has 0 saturated carbocycles. The molecule has 2 rings (SSSR count). The summed E-state index contributed by atoms with van der Waals surface area (Å²) in [5.74, 6) is 5.69. The summed E-state index contributed by atoms with van der Waals surface area (Å²) in [5.41, 5.74) is 3.48. The fourth-order valence-corrected chi connectivity index (χ4v) is 2.79. The van der Waals surface area contributed by atoms with Crippen LogP contribution < -0.4 is 16.0 Å². The summed E-state index contributed by atoms with van der Waals surface area (Å²) >= 11 is 1.60. The smallest absolute Gasteiger partial charge is 0.387 e. The number of alkyl halides is 2. The molecule has 0 saturated heterocycles. The van der Waals surface area contributed by atoms with E-state index in [-0.39, 0.29) is 11.8 Å². The molecule has 1 unspecified atom stereocenters. The van der Waals surface area contributed by atoms with Gasteiger partial charge >= 0.3 is 6.61 Å². The van der Waals surface area contributed by atoms with Gasteiger partial charge in [-0.05, 0) is 36.8 Å². The molecule has 0 amide bonds. The third-order valence-corrected chi connectivity index (χ3v) is 3.69. The number of hydrazine groups is 1. The average Bonchev–Trinajstić information content (AvgIpc) is 2.76. The number of nitrogens with two attached hydrogens (primary N) is 1. The SMILES string of the molecule is Cc1ccc(C(NN)c2cccc(OC(F)F)c2)s1. The Hall–Kier alpha value is -1.50. The molecule has 0 bridgehead atoms. The Labute approximate surface area is 114 Å². The fraction of sp³-hybridized carbons (Fsp3) is 0.231. The third kappa shape index (κ3) is 3.50. The van der Waals surface area contributed by atoms with E-state index in [1.807, 2.05) is 25.1 Å². The van der Waals surface area contributed by atoms with E-state index in [1.54, 1.807) is 23.5 Å². The van der Waals surface area contributed by atoms with Gasteiger partial charge in [0.2, 0.25) is 0 Å². The van der Waals surface area contributed by atoms with Crippen molar-refractivity contribution < 1.29 is 13.5 Å². The number of rotatable bonds is 5. The molecule has 1 aromatic heterocycles. The van der Waals surface area contributed by atoms with Crippen LogP contribution in [-0.4, -0.2) is 6.61 Å². The highest BCUT2D eigenvalue weighted by Crippen LogP contribution is 2.29. The first kappa shape index (κ1) is 13.9. The zero-order valence-corrected chi connectivity index (χ0v) is 11.1. The Balaban J connectivity index is 2.28. The summed E-state index contributed by atoms with van der Waals surface area (Å²) in [5, 5.41) is 0. The van der Waals surface area contributed by atoms with Crippen molar-refractivity contribution in [2.45, 2.75) is 19.6 Å². The van der Waals surface area contributed by atoms with Crippen molar-refractivity contribution in [3.8, 4) is 5.75 Å². The van der Waals surface area contributed by atoms with E-state index >= 15 is 0 Å². The largest absolute Gasteiger partial charge is 0.435 e. The van der Waals surface area contributed by atoms with Crippen molar-refractivity contribution in [1.82, 2.24) is 5.43 Å². The van der Waals surface area contributed by atoms with Gasteiger partial charge in [0.25, 0.3) is 0 Å². The van der Waals surface area contributed by atoms with Crippen LogP contribution in [0.25, 0.3) is 0 Å². The second kappa shape index (κ2) is 6.10. The fourth-order valence-electron chi connectivity index (χ4n) is 1.82. The summed E-state index contributed by atoms with van der Waals surface area (Å²) in [7, 11) is 0. The second-order valence-corrected chi connectivity index (χ2v) is 5.32. The van der Waals surface area contributed by atoms with E-state index in [1.165, 1.54) is 6.07 Å². The molecule has 1 heterocycles. The molecule has 102 valence electrons. The van der Waals surface area contributed by atoms with Crippen LogP contribution in [0.1, 0.15) is 21.4 Å². The molecular formula is C13H14F2N2OS. The lowest BCUT2D eigenvalue weighted by atomic mass is 10.1. The monoisotopic (exact) mass is 284 g/mol. The first-order valence-electron chi connectivity index (χ1n) is 5.67. The van der Waals surface area contributed by atoms with Crippen LogP contribution in [0.15, 0.2) is 36.4 Å². The number of ether oxygens (including phenoxy) is 1. The summed E-state index contributed by atoms with van der Waals surface area (Å²) < 4.78 is 28.8. The number of thiophene rings is 1. The molecule has 2 aromatic rings. The molecule has 3 N–H and O–H groups in total. The highest BCUT2D eigenvalue weighted by Gasteiger charge is 2.15. The van der Waals surface area contributed by atoms with Gasteiger partial charge in [-0.1, -0.05) is 12.1 Å². The summed E-state index contributed by atoms with van der Waals surface area (Å²) in [6.45, 7) is -0.832. The number of hydrogen-bond acceptors (Lipinski definition) is 4. The Kier molecular flexibility index (Phi) is 4.47. The van der Waals surface area contributed by atoms with Crippen LogP contribution in [-0.2, 0) is 0 Å². The van der Waals surface area contributed by atoms with Crippen molar-refractivity contribution in [2.75, 3.05) is 0 Å². The van der Waals surface area contributed by atoms with Gasteiger partial charge in [-0.25, -0.2) is 5.43 Å². The van der Waals surface area contributed by atoms with Gasteiger partial charge in [-0.3, -0.25) is 5.84 Å². The van der Waals surface area contributed by atoms with E-state index in [0.29, 0.717) is 0 Å². The van der Waals surface area contributed by atoms with Crippen LogP contribution in [0, 0.1) is 6.92 Å². The van der Waals surface area contributed by atoms with E-state index in [4.69, 9.17) is 5.84 Å². The minimum Gasteiger partial charge on any atom is -0.435 e. The Morgan fingerprint density at radius 3 is 2.63 bits per heavy atom. The van der Waals surface area contributed by atoms with Gasteiger partial charge in [-0.2, -0.15) is 8.78 Å². The van der Waals surface area contributed by atoms with Crippen molar-refractivity contribution in [1.29, 1.82) is 0 Å². The predicted molar refractivity (Wildman–Crippen MR) is 71.3 cm³/mol. The second-order valence-electron chi connectivity index (χ2n) is 4.00. The van der Waals surface area contributed by atoms with Crippen LogP contribution in [0.2, 0.25) is 0 Å². The topological polar surface area (TPSA) is 47.3 Å². The quantitative estimate of drug-likeness (QED) is 0.654. The van der Waals surface area contributed by atoms with Gasteiger partial charge in [0.05, 0.1) is 6.04 Å². The van der Waals surface area contributed by atoms with Crippen molar-refractivity contribution in [2.24, 2.45) is 5.84 Å². The van der Waals surface area contributed by atoms with Crippen molar-refractivity contribution in [3.05, 3.63) is 51.7 Å². The first-order chi connectivity index (χ1) is 9.10. The molecule has 3 nitrogen and oxygen atoms in total. The molecular weight excluding hydrogens is 270 g/mol. The first-order valence-corrected chi connectivity index (χ1v) is 6.49. The highest BCUT2D eigenvalue weighted by molar-refractivity contribution is 7.12. The molecule has 0 spiro atoms. The minimum atomic E-state index is -2.83. The number of aryl methyl sites for hydroxylation is 1. The van der Waals surface area contributed by atoms with Gasteiger partial charge < -0.3 is 4.74 Å². The molecule has 0 aliphatic rings. The Morgan fingerprint density at radius 1 is 1.26 bits per heavy atom. The van der Waals surface area contributed by atoms with E-state index in [9.17, 15) is 8.78 Å². The molecule has 19 heavy (non-hydrogen) atoms. The molecule has 0 aliphatic heterocycles. The molecule has 1 atom stereocenters. The molecule has 0 radical (unpaired) electrons. The highest BCUT2D eigenvalue weighted by atomic mass is 32.1. The average molecular weight is 284 g/mol. The maximum atomic E-state index is 12.2. The zero-order valence-electron chi connectivity index (χ0n) is 10.3. The van der Waals surface area contributed by atoms with Gasteiger partial charge in [-0.15, -0.1) is 11.3 Å². The number of benzene rings is 1. The van der Waals surface area contributed by atoms with E-state index in [2.05, 4.69) is 10.2 Å². The standard InChI is InChI=1S/C13H14F2N2OS/c1-8-5-6-11(19-8)12(17-16)9-3-2-4-10(7-9)18-13(14)15/h2-7,12-13,17H,16H2,1H3. The van der Waals surface area contributed by atoms with E-state index in [0.717, 1.165) is 15.3 Å². The van der Waals surface area contributed by atoms with Crippen LogP contribution in [0.3, 0.4) is 0 Å². The van der Waals surface area contributed by atoms with Gasteiger partial charge in [0.15, 0.2) is 0 Å². The maximum Gasteiger partial charge on any atom is 0.387 e. The molecule has 0 aliphatic carbocycles. The van der Waals surface area contributed by atoms with Crippen LogP contribution in [0.4, 0.5) is 8.78 Å². The minimum absolute atomic E-state index is 0.126. The van der Waals surface area contributed by atoms with Gasteiger partial charge in [0.1, 0.15) is 5.75 Å². The molecule has 1 aromatic carbocycles. The summed E-state index contributed by atoms with van der Waals surface area (Å²) in [6, 6.07) is 10.2. The summed E-state index contributed by atoms with van der Waals surface area (Å²) in [6.07, 6.45) is 0. The lowest BCUT2D eigenvalue weighted by molar-refractivity contribution is -0.0498. The van der Waals surface area contributed by atoms with E-state index < -0.39 is 6.61 Å². The number of hydrogen-bond donors (Lipinski definition) is 2. The van der Waals surface area contributed by atoms with Crippen LogP contribution >= 0.6 is 11.3 Å².